The van der Waals surface area contributed by atoms with Crippen LogP contribution >= 0.6 is 0 Å². The Morgan fingerprint density at radius 1 is 0.889 bits per heavy atom. The van der Waals surface area contributed by atoms with Crippen LogP contribution in [0.25, 0.3) is 33.7 Å². The molecule has 0 aliphatic rings. The van der Waals surface area contributed by atoms with E-state index in [2.05, 4.69) is 67.5 Å². The van der Waals surface area contributed by atoms with Crippen LogP contribution in [0.2, 0.25) is 0 Å². The smallest absolute Gasteiger partial charge is 0.251 e. The van der Waals surface area contributed by atoms with Gasteiger partial charge in [0.15, 0.2) is 5.58 Å². The van der Waals surface area contributed by atoms with E-state index in [-0.39, 0.29) is 11.8 Å². The number of anilines is 1. The molecule has 1 aromatic heterocycles. The number of nitrogen functional groups attached to an aromatic ring is 1. The van der Waals surface area contributed by atoms with E-state index in [9.17, 15) is 4.79 Å². The largest absolute Gasteiger partial charge is 0.436 e. The van der Waals surface area contributed by atoms with Gasteiger partial charge in [-0.15, -0.1) is 0 Å². The monoisotopic (exact) mass is 475 g/mol. The summed E-state index contributed by atoms with van der Waals surface area (Å²) in [7, 11) is 0. The third-order valence-electron chi connectivity index (χ3n) is 6.35. The first-order valence-corrected chi connectivity index (χ1v) is 12.1. The van der Waals surface area contributed by atoms with Crippen molar-refractivity contribution in [1.29, 1.82) is 0 Å². The van der Waals surface area contributed by atoms with Crippen LogP contribution < -0.4 is 11.1 Å². The number of rotatable bonds is 6. The number of benzene rings is 4. The zero-order chi connectivity index (χ0) is 25.2. The van der Waals surface area contributed by atoms with Crippen LogP contribution in [0.1, 0.15) is 46.8 Å². The number of aryl methyl sites for hydroxylation is 1. The number of oxazole rings is 1. The van der Waals surface area contributed by atoms with Crippen molar-refractivity contribution in [2.24, 2.45) is 0 Å². The van der Waals surface area contributed by atoms with Crippen molar-refractivity contribution in [2.75, 3.05) is 5.73 Å². The van der Waals surface area contributed by atoms with E-state index in [1.165, 1.54) is 11.1 Å². The van der Waals surface area contributed by atoms with Gasteiger partial charge in [-0.1, -0.05) is 67.9 Å². The Morgan fingerprint density at radius 3 is 2.14 bits per heavy atom. The van der Waals surface area contributed by atoms with Crippen molar-refractivity contribution in [3.05, 3.63) is 107 Å². The summed E-state index contributed by atoms with van der Waals surface area (Å²) in [5.74, 6) is 0.649. The Hall–Kier alpha value is -4.38. The van der Waals surface area contributed by atoms with Crippen LogP contribution in [0.4, 0.5) is 5.69 Å². The van der Waals surface area contributed by atoms with Gasteiger partial charge in [-0.05, 0) is 65.9 Å². The molecule has 180 valence electrons. The number of carbonyl (C=O) groups is 1. The van der Waals surface area contributed by atoms with Crippen molar-refractivity contribution in [2.45, 2.75) is 33.2 Å². The SMILES string of the molecule is Cc1ccc(-c2ccc(CNC(=O)c3ccc(-c4nc5cc(N)cc(C(C)C)c5o4)cc3)cc2)cc1. The summed E-state index contributed by atoms with van der Waals surface area (Å²) < 4.78 is 6.09. The number of nitrogens with one attached hydrogen (secondary N) is 1. The van der Waals surface area contributed by atoms with Crippen molar-refractivity contribution in [3.8, 4) is 22.6 Å². The number of nitrogens with two attached hydrogens (primary N) is 1. The number of hydrogen-bond acceptors (Lipinski definition) is 4. The average Bonchev–Trinajstić information content (AvgIpc) is 3.31. The Labute approximate surface area is 211 Å². The molecule has 0 bridgehead atoms. The van der Waals surface area contributed by atoms with E-state index >= 15 is 0 Å². The number of aromatic nitrogens is 1. The lowest BCUT2D eigenvalue weighted by molar-refractivity contribution is 0.0951. The Kier molecular flexibility index (Phi) is 6.30. The topological polar surface area (TPSA) is 81.2 Å². The van der Waals surface area contributed by atoms with Gasteiger partial charge < -0.3 is 15.5 Å². The van der Waals surface area contributed by atoms with E-state index in [1.807, 2.05) is 36.4 Å². The fourth-order valence-corrected chi connectivity index (χ4v) is 4.24. The van der Waals surface area contributed by atoms with Crippen LogP contribution in [-0.2, 0) is 6.54 Å². The molecule has 3 N–H and O–H groups in total. The minimum absolute atomic E-state index is 0.128. The molecular formula is C31H29N3O2. The molecule has 0 spiro atoms. The molecule has 4 aromatic carbocycles. The van der Waals surface area contributed by atoms with Gasteiger partial charge in [-0.3, -0.25) is 4.79 Å². The lowest BCUT2D eigenvalue weighted by Crippen LogP contribution is -2.22. The molecule has 0 aliphatic carbocycles. The Morgan fingerprint density at radius 2 is 1.50 bits per heavy atom. The molecule has 0 fully saturated rings. The van der Waals surface area contributed by atoms with E-state index in [0.717, 1.165) is 33.4 Å². The van der Waals surface area contributed by atoms with Gasteiger partial charge in [0.1, 0.15) is 5.52 Å². The summed E-state index contributed by atoms with van der Waals surface area (Å²) in [6, 6.07) is 27.8. The maximum atomic E-state index is 12.7. The van der Waals surface area contributed by atoms with Crippen LogP contribution in [0, 0.1) is 6.92 Å². The minimum atomic E-state index is -0.128. The fraction of sp³-hybridized carbons (Fsp3) is 0.161. The maximum Gasteiger partial charge on any atom is 0.251 e. The molecule has 0 atom stereocenters. The first kappa shape index (κ1) is 23.4. The van der Waals surface area contributed by atoms with Gasteiger partial charge >= 0.3 is 0 Å². The first-order chi connectivity index (χ1) is 17.4. The van der Waals surface area contributed by atoms with Crippen LogP contribution in [-0.4, -0.2) is 10.9 Å². The summed E-state index contributed by atoms with van der Waals surface area (Å²) in [6.45, 7) is 6.74. The second kappa shape index (κ2) is 9.70. The number of carbonyl (C=O) groups excluding carboxylic acids is 1. The highest BCUT2D eigenvalue weighted by atomic mass is 16.3. The van der Waals surface area contributed by atoms with Crippen LogP contribution in [0.5, 0.6) is 0 Å². The highest BCUT2D eigenvalue weighted by molar-refractivity contribution is 5.94. The molecule has 5 rings (SSSR count). The van der Waals surface area contributed by atoms with E-state index in [1.54, 1.807) is 12.1 Å². The van der Waals surface area contributed by atoms with Gasteiger partial charge in [0.25, 0.3) is 5.91 Å². The molecule has 0 aliphatic heterocycles. The van der Waals surface area contributed by atoms with Crippen molar-refractivity contribution in [1.82, 2.24) is 10.3 Å². The zero-order valence-corrected chi connectivity index (χ0v) is 20.7. The predicted octanol–water partition coefficient (Wildman–Crippen LogP) is 7.11. The second-order valence-corrected chi connectivity index (χ2v) is 9.46. The van der Waals surface area contributed by atoms with Crippen molar-refractivity contribution < 1.29 is 9.21 Å². The third kappa shape index (κ3) is 4.86. The van der Waals surface area contributed by atoms with Gasteiger partial charge in [0.05, 0.1) is 0 Å². The van der Waals surface area contributed by atoms with Gasteiger partial charge in [-0.25, -0.2) is 4.98 Å². The summed E-state index contributed by atoms with van der Waals surface area (Å²) in [5, 5.41) is 3.00. The van der Waals surface area contributed by atoms with E-state index in [0.29, 0.717) is 23.7 Å². The summed E-state index contributed by atoms with van der Waals surface area (Å²) >= 11 is 0. The van der Waals surface area contributed by atoms with Crippen molar-refractivity contribution >= 4 is 22.7 Å². The minimum Gasteiger partial charge on any atom is -0.436 e. The predicted molar refractivity (Wildman–Crippen MR) is 146 cm³/mol. The number of nitrogens with zero attached hydrogens (tertiary/aromatic N) is 1. The maximum absolute atomic E-state index is 12.7. The molecule has 36 heavy (non-hydrogen) atoms. The molecule has 0 radical (unpaired) electrons. The second-order valence-electron chi connectivity index (χ2n) is 9.46. The lowest BCUT2D eigenvalue weighted by atomic mass is 10.0. The third-order valence-corrected chi connectivity index (χ3v) is 6.35. The molecule has 0 saturated heterocycles. The van der Waals surface area contributed by atoms with Gasteiger partial charge in [0, 0.05) is 28.9 Å². The standard InChI is InChI=1S/C31H29N3O2/c1-19(2)27-16-26(32)17-28-29(27)36-31(34-28)25-14-12-24(13-15-25)30(35)33-18-21-6-10-23(11-7-21)22-8-4-20(3)5-9-22/h4-17,19H,18,32H2,1-3H3,(H,33,35). The molecule has 1 heterocycles. The van der Waals surface area contributed by atoms with Gasteiger partial charge in [0.2, 0.25) is 5.89 Å². The Bertz CT molecular complexity index is 1510. The average molecular weight is 476 g/mol. The molecular weight excluding hydrogens is 446 g/mol. The molecule has 1 amide bonds. The molecule has 5 heteroatoms. The molecule has 5 nitrogen and oxygen atoms in total. The summed E-state index contributed by atoms with van der Waals surface area (Å²) in [5.41, 5.74) is 15.3. The fourth-order valence-electron chi connectivity index (χ4n) is 4.24. The van der Waals surface area contributed by atoms with Gasteiger partial charge in [-0.2, -0.15) is 0 Å². The molecule has 0 saturated carbocycles. The number of hydrogen-bond donors (Lipinski definition) is 2. The Balaban J connectivity index is 1.26. The number of fused-ring (bicyclic) bond motifs is 1. The first-order valence-electron chi connectivity index (χ1n) is 12.1. The van der Waals surface area contributed by atoms with Crippen molar-refractivity contribution in [3.63, 3.8) is 0 Å². The lowest BCUT2D eigenvalue weighted by Gasteiger charge is -2.08. The molecule has 5 aromatic rings. The zero-order valence-electron chi connectivity index (χ0n) is 20.7. The normalized spacial score (nSPS) is 11.2. The highest BCUT2D eigenvalue weighted by Gasteiger charge is 2.15. The highest BCUT2D eigenvalue weighted by Crippen LogP contribution is 2.32. The van der Waals surface area contributed by atoms with Crippen LogP contribution in [0.3, 0.4) is 0 Å². The summed E-state index contributed by atoms with van der Waals surface area (Å²) in [6.07, 6.45) is 0. The number of amides is 1. The molecule has 0 unspecified atom stereocenters. The van der Waals surface area contributed by atoms with Crippen LogP contribution in [0.15, 0.2) is 89.3 Å². The van der Waals surface area contributed by atoms with E-state index < -0.39 is 0 Å². The summed E-state index contributed by atoms with van der Waals surface area (Å²) in [4.78, 5) is 17.3. The van der Waals surface area contributed by atoms with E-state index in [4.69, 9.17) is 10.2 Å². The quantitative estimate of drug-likeness (QED) is 0.257.